The summed E-state index contributed by atoms with van der Waals surface area (Å²) in [4.78, 5) is 7.17. The molecule has 1 unspecified atom stereocenters. The van der Waals surface area contributed by atoms with Crippen molar-refractivity contribution >= 4 is 11.6 Å². The minimum atomic E-state index is -0.199. The smallest absolute Gasteiger partial charge is 0.191 e. The lowest BCUT2D eigenvalue weighted by Crippen LogP contribution is -2.38. The first-order valence-corrected chi connectivity index (χ1v) is 10.3. The van der Waals surface area contributed by atoms with Crippen LogP contribution in [-0.2, 0) is 6.42 Å². The molecule has 1 fully saturated rings. The third kappa shape index (κ3) is 6.11. The Labute approximate surface area is 173 Å². The SMILES string of the molecule is CCNC(=NCC1CCN(c2ccccc2OC)C1)NCCc1ccc(F)cc1. The van der Waals surface area contributed by atoms with Crippen LogP contribution in [0.15, 0.2) is 53.5 Å². The summed E-state index contributed by atoms with van der Waals surface area (Å²) < 4.78 is 18.5. The molecule has 29 heavy (non-hydrogen) atoms. The number of benzene rings is 2. The van der Waals surface area contributed by atoms with Gasteiger partial charge in [-0.2, -0.15) is 0 Å². The van der Waals surface area contributed by atoms with Crippen molar-refractivity contribution in [3.8, 4) is 5.75 Å². The zero-order valence-corrected chi connectivity index (χ0v) is 17.3. The normalized spacial score (nSPS) is 16.7. The first-order chi connectivity index (χ1) is 14.2. The van der Waals surface area contributed by atoms with Gasteiger partial charge in [0.2, 0.25) is 0 Å². The molecule has 0 amide bonds. The van der Waals surface area contributed by atoms with E-state index in [0.29, 0.717) is 5.92 Å². The highest BCUT2D eigenvalue weighted by atomic mass is 19.1. The van der Waals surface area contributed by atoms with E-state index < -0.39 is 0 Å². The minimum absolute atomic E-state index is 0.199. The quantitative estimate of drug-likeness (QED) is 0.528. The molecule has 1 atom stereocenters. The molecular formula is C23H31FN4O. The lowest BCUT2D eigenvalue weighted by molar-refractivity contribution is 0.414. The zero-order valence-electron chi connectivity index (χ0n) is 17.3. The fraction of sp³-hybridized carbons (Fsp3) is 0.435. The molecule has 1 aliphatic heterocycles. The van der Waals surface area contributed by atoms with Crippen molar-refractivity contribution < 1.29 is 9.13 Å². The molecule has 3 rings (SSSR count). The standard InChI is InChI=1S/C23H31FN4O/c1-3-25-23(26-14-12-18-8-10-20(24)11-9-18)27-16-19-13-15-28(17-19)21-6-4-5-7-22(21)29-2/h4-11,19H,3,12-17H2,1-2H3,(H2,25,26,27). The number of nitrogens with zero attached hydrogens (tertiary/aromatic N) is 2. The van der Waals surface area contributed by atoms with Crippen molar-refractivity contribution in [1.29, 1.82) is 0 Å². The summed E-state index contributed by atoms with van der Waals surface area (Å²) in [5.74, 6) is 2.08. The van der Waals surface area contributed by atoms with Crippen molar-refractivity contribution in [2.75, 3.05) is 44.7 Å². The van der Waals surface area contributed by atoms with Crippen LogP contribution in [0, 0.1) is 11.7 Å². The van der Waals surface area contributed by atoms with Crippen LogP contribution in [0.2, 0.25) is 0 Å². The Morgan fingerprint density at radius 3 is 2.72 bits per heavy atom. The molecule has 2 aromatic rings. The van der Waals surface area contributed by atoms with Crippen molar-refractivity contribution in [2.45, 2.75) is 19.8 Å². The molecule has 2 N–H and O–H groups in total. The Bertz CT molecular complexity index is 794. The number of halogens is 1. The van der Waals surface area contributed by atoms with E-state index in [2.05, 4.69) is 34.6 Å². The number of hydrogen-bond donors (Lipinski definition) is 2. The Hall–Kier alpha value is -2.76. The highest BCUT2D eigenvalue weighted by Gasteiger charge is 2.24. The van der Waals surface area contributed by atoms with Crippen LogP contribution in [0.1, 0.15) is 18.9 Å². The molecule has 0 aliphatic carbocycles. The Morgan fingerprint density at radius 2 is 1.97 bits per heavy atom. The number of methoxy groups -OCH3 is 1. The van der Waals surface area contributed by atoms with E-state index >= 15 is 0 Å². The first-order valence-electron chi connectivity index (χ1n) is 10.3. The molecule has 1 aliphatic rings. The topological polar surface area (TPSA) is 48.9 Å². The van der Waals surface area contributed by atoms with Gasteiger partial charge in [0, 0.05) is 32.7 Å². The van der Waals surface area contributed by atoms with E-state index in [1.165, 1.54) is 12.1 Å². The minimum Gasteiger partial charge on any atom is -0.495 e. The third-order valence-corrected chi connectivity index (χ3v) is 5.18. The second-order valence-electron chi connectivity index (χ2n) is 7.30. The second-order valence-corrected chi connectivity index (χ2v) is 7.30. The number of nitrogens with one attached hydrogen (secondary N) is 2. The van der Waals surface area contributed by atoms with Crippen LogP contribution in [0.3, 0.4) is 0 Å². The zero-order chi connectivity index (χ0) is 20.5. The fourth-order valence-electron chi connectivity index (χ4n) is 3.63. The van der Waals surface area contributed by atoms with Gasteiger partial charge in [0.05, 0.1) is 12.8 Å². The van der Waals surface area contributed by atoms with Crippen molar-refractivity contribution in [3.05, 3.63) is 59.9 Å². The Kier molecular flexibility index (Phi) is 7.73. The van der Waals surface area contributed by atoms with Gasteiger partial charge in [-0.1, -0.05) is 24.3 Å². The summed E-state index contributed by atoms with van der Waals surface area (Å²) in [6.07, 6.45) is 1.95. The van der Waals surface area contributed by atoms with Crippen LogP contribution in [-0.4, -0.2) is 45.8 Å². The predicted molar refractivity (Wildman–Crippen MR) is 117 cm³/mol. The maximum Gasteiger partial charge on any atom is 0.191 e. The van der Waals surface area contributed by atoms with E-state index in [9.17, 15) is 4.39 Å². The number of rotatable bonds is 8. The fourth-order valence-corrected chi connectivity index (χ4v) is 3.63. The van der Waals surface area contributed by atoms with Gasteiger partial charge in [-0.3, -0.25) is 4.99 Å². The van der Waals surface area contributed by atoms with Crippen LogP contribution in [0.4, 0.5) is 10.1 Å². The predicted octanol–water partition coefficient (Wildman–Crippen LogP) is 3.46. The summed E-state index contributed by atoms with van der Waals surface area (Å²) in [7, 11) is 1.72. The van der Waals surface area contributed by atoms with E-state index in [1.54, 1.807) is 7.11 Å². The van der Waals surface area contributed by atoms with Gasteiger partial charge in [-0.15, -0.1) is 0 Å². The average molecular weight is 399 g/mol. The number of aliphatic imine (C=N–C) groups is 1. The summed E-state index contributed by atoms with van der Waals surface area (Å²) in [6, 6.07) is 14.8. The van der Waals surface area contributed by atoms with Gasteiger partial charge in [0.1, 0.15) is 11.6 Å². The van der Waals surface area contributed by atoms with E-state index in [0.717, 1.165) is 68.5 Å². The van der Waals surface area contributed by atoms with Crippen LogP contribution >= 0.6 is 0 Å². The molecule has 1 heterocycles. The molecule has 6 heteroatoms. The van der Waals surface area contributed by atoms with Crippen molar-refractivity contribution in [2.24, 2.45) is 10.9 Å². The van der Waals surface area contributed by atoms with Gasteiger partial charge in [-0.05, 0) is 55.5 Å². The molecule has 2 aromatic carbocycles. The molecule has 156 valence electrons. The maximum atomic E-state index is 13.0. The molecular weight excluding hydrogens is 367 g/mol. The number of ether oxygens (including phenoxy) is 1. The van der Waals surface area contributed by atoms with Crippen molar-refractivity contribution in [1.82, 2.24) is 10.6 Å². The largest absolute Gasteiger partial charge is 0.495 e. The van der Waals surface area contributed by atoms with Crippen LogP contribution in [0.25, 0.3) is 0 Å². The summed E-state index contributed by atoms with van der Waals surface area (Å²) >= 11 is 0. The van der Waals surface area contributed by atoms with Gasteiger partial charge in [0.15, 0.2) is 5.96 Å². The van der Waals surface area contributed by atoms with Gasteiger partial charge >= 0.3 is 0 Å². The molecule has 0 radical (unpaired) electrons. The number of para-hydroxylation sites is 2. The molecule has 0 spiro atoms. The molecule has 0 aromatic heterocycles. The van der Waals surface area contributed by atoms with Gasteiger partial charge < -0.3 is 20.3 Å². The van der Waals surface area contributed by atoms with Gasteiger partial charge in [0.25, 0.3) is 0 Å². The molecule has 1 saturated heterocycles. The summed E-state index contributed by atoms with van der Waals surface area (Å²) in [6.45, 7) is 6.44. The van der Waals surface area contributed by atoms with E-state index in [4.69, 9.17) is 9.73 Å². The molecule has 5 nitrogen and oxygen atoms in total. The number of guanidine groups is 1. The highest BCUT2D eigenvalue weighted by molar-refractivity contribution is 5.79. The van der Waals surface area contributed by atoms with Crippen molar-refractivity contribution in [3.63, 3.8) is 0 Å². The van der Waals surface area contributed by atoms with E-state index in [1.807, 2.05) is 24.3 Å². The summed E-state index contributed by atoms with van der Waals surface area (Å²) in [5, 5.41) is 6.69. The lowest BCUT2D eigenvalue weighted by atomic mass is 10.1. The van der Waals surface area contributed by atoms with Crippen LogP contribution < -0.4 is 20.3 Å². The maximum absolute atomic E-state index is 13.0. The van der Waals surface area contributed by atoms with E-state index in [-0.39, 0.29) is 5.82 Å². The molecule has 0 saturated carbocycles. The lowest BCUT2D eigenvalue weighted by Gasteiger charge is -2.21. The molecule has 0 bridgehead atoms. The average Bonchev–Trinajstić information content (AvgIpc) is 3.22. The number of hydrogen-bond acceptors (Lipinski definition) is 3. The number of anilines is 1. The monoisotopic (exact) mass is 398 g/mol. The second kappa shape index (κ2) is 10.7. The Morgan fingerprint density at radius 1 is 1.17 bits per heavy atom. The third-order valence-electron chi connectivity index (χ3n) is 5.18. The Balaban J connectivity index is 1.50. The highest BCUT2D eigenvalue weighted by Crippen LogP contribution is 2.31. The van der Waals surface area contributed by atoms with Crippen LogP contribution in [0.5, 0.6) is 5.75 Å². The van der Waals surface area contributed by atoms with Gasteiger partial charge in [-0.25, -0.2) is 4.39 Å². The first kappa shape index (κ1) is 21.0. The summed E-state index contributed by atoms with van der Waals surface area (Å²) in [5.41, 5.74) is 2.27.